The largest absolute Gasteiger partial charge is 0.442 e. The highest BCUT2D eigenvalue weighted by Crippen LogP contribution is 2.16. The Bertz CT molecular complexity index is 179. The fourth-order valence-electron chi connectivity index (χ4n) is 1.46. The van der Waals surface area contributed by atoms with E-state index < -0.39 is 35.9 Å². The van der Waals surface area contributed by atoms with E-state index in [1.807, 2.05) is 0 Å². The normalized spacial score (nSPS) is 18.2. The minimum absolute atomic E-state index is 0.950. The summed E-state index contributed by atoms with van der Waals surface area (Å²) in [5.74, 6) is 0. The standard InChI is InChI=1S/C8H26O3Si4/c1-8-15(7,10-13(4)5)11-14(6)9-12(2)3/h12-14H,8H2,1-7H3. The molecular formula is C8H26O3Si4. The lowest BCUT2D eigenvalue weighted by molar-refractivity contribution is 0.355. The van der Waals surface area contributed by atoms with Crippen molar-refractivity contribution in [3.63, 3.8) is 0 Å². The van der Waals surface area contributed by atoms with Gasteiger partial charge in [-0.2, -0.15) is 0 Å². The van der Waals surface area contributed by atoms with Crippen LogP contribution in [0.3, 0.4) is 0 Å². The lowest BCUT2D eigenvalue weighted by atomic mass is 11.0. The molecule has 0 saturated heterocycles. The Morgan fingerprint density at radius 2 is 1.47 bits per heavy atom. The van der Waals surface area contributed by atoms with Crippen LogP contribution in [-0.2, 0) is 12.3 Å². The minimum Gasteiger partial charge on any atom is -0.442 e. The van der Waals surface area contributed by atoms with Gasteiger partial charge in [-0.3, -0.25) is 0 Å². The average molecular weight is 283 g/mol. The number of hydrogen-bond donors (Lipinski definition) is 0. The van der Waals surface area contributed by atoms with Gasteiger partial charge in [0.1, 0.15) is 0 Å². The molecule has 0 aromatic heterocycles. The van der Waals surface area contributed by atoms with E-state index in [1.54, 1.807) is 0 Å². The summed E-state index contributed by atoms with van der Waals surface area (Å²) < 4.78 is 18.0. The van der Waals surface area contributed by atoms with Gasteiger partial charge in [-0.25, -0.2) is 0 Å². The van der Waals surface area contributed by atoms with Gasteiger partial charge in [0.05, 0.1) is 0 Å². The average Bonchev–Trinajstić information content (AvgIpc) is 2.00. The molecule has 0 aliphatic heterocycles. The fraction of sp³-hybridized carbons (Fsp3) is 1.00. The van der Waals surface area contributed by atoms with E-state index in [0.29, 0.717) is 0 Å². The summed E-state index contributed by atoms with van der Waals surface area (Å²) in [5, 5.41) is 0. The van der Waals surface area contributed by atoms with E-state index >= 15 is 0 Å². The molecule has 2 atom stereocenters. The molecule has 0 aliphatic carbocycles. The Morgan fingerprint density at radius 1 is 0.933 bits per heavy atom. The summed E-state index contributed by atoms with van der Waals surface area (Å²) in [6.45, 7) is 15.2. The van der Waals surface area contributed by atoms with Crippen LogP contribution < -0.4 is 0 Å². The van der Waals surface area contributed by atoms with Crippen molar-refractivity contribution in [1.29, 1.82) is 0 Å². The van der Waals surface area contributed by atoms with Crippen LogP contribution in [0.25, 0.3) is 0 Å². The highest BCUT2D eigenvalue weighted by Gasteiger charge is 2.32. The molecule has 2 unspecified atom stereocenters. The van der Waals surface area contributed by atoms with Crippen molar-refractivity contribution in [2.75, 3.05) is 0 Å². The van der Waals surface area contributed by atoms with Gasteiger partial charge in [0.2, 0.25) is 0 Å². The molecule has 7 heteroatoms. The molecule has 0 aromatic rings. The molecule has 0 rings (SSSR count). The summed E-state index contributed by atoms with van der Waals surface area (Å²) in [4.78, 5) is 0. The Labute approximate surface area is 101 Å². The van der Waals surface area contributed by atoms with Crippen molar-refractivity contribution >= 4 is 35.9 Å². The molecular weight excluding hydrogens is 256 g/mol. The van der Waals surface area contributed by atoms with Crippen LogP contribution in [0.2, 0.25) is 45.3 Å². The Balaban J connectivity index is 4.17. The third-order valence-electron chi connectivity index (χ3n) is 2.01. The summed E-state index contributed by atoms with van der Waals surface area (Å²) in [6.07, 6.45) is 0. The van der Waals surface area contributed by atoms with Crippen molar-refractivity contribution in [3.8, 4) is 0 Å². The fourth-order valence-corrected chi connectivity index (χ4v) is 14.1. The second kappa shape index (κ2) is 7.15. The molecule has 0 saturated carbocycles. The van der Waals surface area contributed by atoms with Gasteiger partial charge in [-0.15, -0.1) is 0 Å². The summed E-state index contributed by atoms with van der Waals surface area (Å²) in [6, 6.07) is 1.03. The monoisotopic (exact) mass is 282 g/mol. The lowest BCUT2D eigenvalue weighted by Gasteiger charge is -2.31. The van der Waals surface area contributed by atoms with Crippen molar-refractivity contribution in [2.45, 2.75) is 52.2 Å². The first-order valence-electron chi connectivity index (χ1n) is 5.80. The van der Waals surface area contributed by atoms with Gasteiger partial charge >= 0.3 is 8.56 Å². The molecule has 3 nitrogen and oxygen atoms in total. The topological polar surface area (TPSA) is 27.7 Å². The zero-order valence-corrected chi connectivity index (χ0v) is 15.6. The Hall–Kier alpha value is 0.748. The lowest BCUT2D eigenvalue weighted by Crippen LogP contribution is -2.46. The molecule has 0 N–H and O–H groups in total. The maximum atomic E-state index is 6.11. The zero-order valence-electron chi connectivity index (χ0n) is 11.2. The zero-order chi connectivity index (χ0) is 12.1. The van der Waals surface area contributed by atoms with E-state index in [9.17, 15) is 0 Å². The van der Waals surface area contributed by atoms with Gasteiger partial charge in [0.15, 0.2) is 18.1 Å². The Kier molecular flexibility index (Phi) is 7.50. The van der Waals surface area contributed by atoms with Crippen LogP contribution in [0.5, 0.6) is 0 Å². The first kappa shape index (κ1) is 15.7. The summed E-state index contributed by atoms with van der Waals surface area (Å²) in [5.41, 5.74) is 0. The van der Waals surface area contributed by atoms with Crippen molar-refractivity contribution in [2.24, 2.45) is 0 Å². The molecule has 92 valence electrons. The van der Waals surface area contributed by atoms with Crippen LogP contribution in [0.15, 0.2) is 0 Å². The van der Waals surface area contributed by atoms with Crippen molar-refractivity contribution in [1.82, 2.24) is 0 Å². The highest BCUT2D eigenvalue weighted by atomic mass is 28.5. The maximum Gasteiger partial charge on any atom is 0.315 e. The van der Waals surface area contributed by atoms with Crippen molar-refractivity contribution < 1.29 is 12.3 Å². The van der Waals surface area contributed by atoms with Gasteiger partial charge in [0.25, 0.3) is 9.28 Å². The van der Waals surface area contributed by atoms with Crippen LogP contribution in [0.4, 0.5) is 0 Å². The van der Waals surface area contributed by atoms with Gasteiger partial charge < -0.3 is 12.3 Å². The van der Waals surface area contributed by atoms with Crippen LogP contribution >= 0.6 is 0 Å². The van der Waals surface area contributed by atoms with Crippen molar-refractivity contribution in [3.05, 3.63) is 0 Å². The predicted molar refractivity (Wildman–Crippen MR) is 76.1 cm³/mol. The van der Waals surface area contributed by atoms with Crippen LogP contribution in [0.1, 0.15) is 6.92 Å². The van der Waals surface area contributed by atoms with E-state index in [-0.39, 0.29) is 0 Å². The van der Waals surface area contributed by atoms with Crippen LogP contribution in [-0.4, -0.2) is 35.9 Å². The highest BCUT2D eigenvalue weighted by molar-refractivity contribution is 6.79. The number of rotatable bonds is 7. The molecule has 0 fully saturated rings. The summed E-state index contributed by atoms with van der Waals surface area (Å²) >= 11 is 0. The van der Waals surface area contributed by atoms with E-state index in [2.05, 4.69) is 46.2 Å². The quantitative estimate of drug-likeness (QED) is 0.668. The Morgan fingerprint density at radius 3 is 1.80 bits per heavy atom. The third-order valence-corrected chi connectivity index (χ3v) is 14.2. The number of hydrogen-bond acceptors (Lipinski definition) is 3. The first-order chi connectivity index (χ1) is 6.79. The van der Waals surface area contributed by atoms with Gasteiger partial charge in [-0.1, -0.05) is 6.92 Å². The predicted octanol–water partition coefficient (Wildman–Crippen LogP) is 1.95. The van der Waals surface area contributed by atoms with Crippen LogP contribution in [0, 0.1) is 0 Å². The third kappa shape index (κ3) is 7.61. The molecule has 0 amide bonds. The summed E-state index contributed by atoms with van der Waals surface area (Å²) in [7, 11) is -5.28. The van der Waals surface area contributed by atoms with Gasteiger partial charge in [0, 0.05) is 0 Å². The molecule has 0 radical (unpaired) electrons. The smallest absolute Gasteiger partial charge is 0.315 e. The molecule has 0 bridgehead atoms. The van der Waals surface area contributed by atoms with E-state index in [4.69, 9.17) is 12.3 Å². The SMILES string of the molecule is CC[Si](C)(O[SiH](C)C)O[SiH](C)O[SiH](C)C. The second-order valence-corrected chi connectivity index (χ2v) is 15.8. The molecule has 15 heavy (non-hydrogen) atoms. The molecule has 0 aliphatic rings. The second-order valence-electron chi connectivity index (χ2n) is 4.52. The van der Waals surface area contributed by atoms with E-state index in [0.717, 1.165) is 6.04 Å². The van der Waals surface area contributed by atoms with Gasteiger partial charge in [-0.05, 0) is 45.3 Å². The maximum absolute atomic E-state index is 6.11. The molecule has 0 spiro atoms. The first-order valence-corrected chi connectivity index (χ1v) is 16.0. The molecule has 0 aromatic carbocycles. The van der Waals surface area contributed by atoms with E-state index in [1.165, 1.54) is 0 Å². The molecule has 0 heterocycles. The minimum atomic E-state index is -1.90.